The second-order valence-corrected chi connectivity index (χ2v) is 7.36. The van der Waals surface area contributed by atoms with Crippen molar-refractivity contribution in [1.82, 2.24) is 5.32 Å². The molecule has 1 heterocycles. The zero-order valence-corrected chi connectivity index (χ0v) is 13.2. The summed E-state index contributed by atoms with van der Waals surface area (Å²) in [6.07, 6.45) is 9.36. The minimum Gasteiger partial charge on any atom is -0.375 e. The average molecular weight is 267 g/mol. The molecule has 0 aromatic carbocycles. The number of ether oxygens (including phenoxy) is 1. The molecular weight excluding hydrogens is 234 g/mol. The van der Waals surface area contributed by atoms with Gasteiger partial charge < -0.3 is 10.1 Å². The Labute approximate surface area is 119 Å². The van der Waals surface area contributed by atoms with Gasteiger partial charge in [-0.05, 0) is 62.9 Å². The molecule has 2 aliphatic rings. The van der Waals surface area contributed by atoms with Gasteiger partial charge in [-0.1, -0.05) is 33.6 Å². The van der Waals surface area contributed by atoms with E-state index in [1.54, 1.807) is 0 Å². The van der Waals surface area contributed by atoms with E-state index >= 15 is 0 Å². The molecule has 2 nitrogen and oxygen atoms in total. The van der Waals surface area contributed by atoms with E-state index in [4.69, 9.17) is 4.74 Å². The van der Waals surface area contributed by atoms with Crippen LogP contribution in [0.3, 0.4) is 0 Å². The van der Waals surface area contributed by atoms with Crippen molar-refractivity contribution in [2.45, 2.75) is 71.3 Å². The lowest BCUT2D eigenvalue weighted by Crippen LogP contribution is -2.39. The van der Waals surface area contributed by atoms with Crippen LogP contribution in [-0.4, -0.2) is 25.3 Å². The fourth-order valence-corrected chi connectivity index (χ4v) is 3.88. The molecule has 2 heteroatoms. The molecule has 0 radical (unpaired) electrons. The summed E-state index contributed by atoms with van der Waals surface area (Å²) >= 11 is 0. The van der Waals surface area contributed by atoms with Crippen molar-refractivity contribution in [3.8, 4) is 0 Å². The van der Waals surface area contributed by atoms with Gasteiger partial charge in [0.2, 0.25) is 0 Å². The van der Waals surface area contributed by atoms with E-state index in [-0.39, 0.29) is 0 Å². The summed E-state index contributed by atoms with van der Waals surface area (Å²) in [6.45, 7) is 10.4. The molecule has 0 amide bonds. The number of hydrogen-bond donors (Lipinski definition) is 1. The minimum absolute atomic E-state index is 0.294. The highest BCUT2D eigenvalue weighted by Gasteiger charge is 2.40. The summed E-state index contributed by atoms with van der Waals surface area (Å²) in [5, 5.41) is 3.58. The summed E-state index contributed by atoms with van der Waals surface area (Å²) in [4.78, 5) is 0. The summed E-state index contributed by atoms with van der Waals surface area (Å²) < 4.78 is 6.15. The van der Waals surface area contributed by atoms with E-state index in [1.807, 2.05) is 0 Å². The highest BCUT2D eigenvalue weighted by atomic mass is 16.5. The molecule has 112 valence electrons. The van der Waals surface area contributed by atoms with E-state index < -0.39 is 0 Å². The van der Waals surface area contributed by atoms with Crippen molar-refractivity contribution in [3.05, 3.63) is 0 Å². The molecule has 1 spiro atoms. The second kappa shape index (κ2) is 7.08. The van der Waals surface area contributed by atoms with Gasteiger partial charge in [0.1, 0.15) is 0 Å². The molecule has 0 aromatic rings. The van der Waals surface area contributed by atoms with Gasteiger partial charge in [-0.15, -0.1) is 0 Å². The Morgan fingerprint density at radius 1 is 1.21 bits per heavy atom. The molecule has 1 saturated heterocycles. The standard InChI is InChI=1S/C17H33NO/c1-14(2)13-18-10-6-15(3)16-7-11-19-17(12-16)8-4-5-9-17/h14-16,18H,4-13H2,1-3H3. The van der Waals surface area contributed by atoms with E-state index in [2.05, 4.69) is 26.1 Å². The predicted octanol–water partition coefficient (Wildman–Crippen LogP) is 4.00. The molecule has 2 fully saturated rings. The zero-order valence-electron chi connectivity index (χ0n) is 13.2. The van der Waals surface area contributed by atoms with E-state index in [0.717, 1.165) is 30.9 Å². The maximum absolute atomic E-state index is 6.15. The molecule has 1 N–H and O–H groups in total. The maximum Gasteiger partial charge on any atom is 0.0685 e. The predicted molar refractivity (Wildman–Crippen MR) is 81.4 cm³/mol. The van der Waals surface area contributed by atoms with Crippen LogP contribution in [0.15, 0.2) is 0 Å². The molecule has 2 rings (SSSR count). The number of hydrogen-bond acceptors (Lipinski definition) is 2. The molecule has 1 saturated carbocycles. The molecule has 1 aliphatic carbocycles. The van der Waals surface area contributed by atoms with Crippen molar-refractivity contribution in [2.24, 2.45) is 17.8 Å². The van der Waals surface area contributed by atoms with Crippen LogP contribution in [-0.2, 0) is 4.74 Å². The fraction of sp³-hybridized carbons (Fsp3) is 1.00. The zero-order chi connectivity index (χ0) is 13.7. The minimum atomic E-state index is 0.294. The van der Waals surface area contributed by atoms with E-state index in [1.165, 1.54) is 51.5 Å². The molecule has 2 atom stereocenters. The first-order valence-electron chi connectivity index (χ1n) is 8.46. The van der Waals surface area contributed by atoms with E-state index in [0.29, 0.717) is 5.60 Å². The topological polar surface area (TPSA) is 21.3 Å². The highest BCUT2D eigenvalue weighted by Crippen LogP contribution is 2.44. The molecule has 19 heavy (non-hydrogen) atoms. The van der Waals surface area contributed by atoms with Crippen molar-refractivity contribution in [1.29, 1.82) is 0 Å². The van der Waals surface area contributed by atoms with Gasteiger partial charge in [-0.2, -0.15) is 0 Å². The third-order valence-electron chi connectivity index (χ3n) is 5.18. The van der Waals surface area contributed by atoms with Crippen LogP contribution in [0.5, 0.6) is 0 Å². The molecule has 1 aliphatic heterocycles. The van der Waals surface area contributed by atoms with Gasteiger partial charge in [-0.25, -0.2) is 0 Å². The quantitative estimate of drug-likeness (QED) is 0.735. The molecule has 0 aromatic heterocycles. The van der Waals surface area contributed by atoms with Gasteiger partial charge in [0.15, 0.2) is 0 Å². The first-order chi connectivity index (χ1) is 9.11. The van der Waals surface area contributed by atoms with Crippen LogP contribution in [0.2, 0.25) is 0 Å². The Morgan fingerprint density at radius 3 is 2.63 bits per heavy atom. The average Bonchev–Trinajstić information content (AvgIpc) is 2.82. The lowest BCUT2D eigenvalue weighted by Gasteiger charge is -2.40. The molecular formula is C17H33NO. The first kappa shape index (κ1) is 15.3. The van der Waals surface area contributed by atoms with Crippen LogP contribution in [0.4, 0.5) is 0 Å². The second-order valence-electron chi connectivity index (χ2n) is 7.36. The summed E-state index contributed by atoms with van der Waals surface area (Å²) in [7, 11) is 0. The van der Waals surface area contributed by atoms with Crippen LogP contribution in [0.25, 0.3) is 0 Å². The van der Waals surface area contributed by atoms with E-state index in [9.17, 15) is 0 Å². The smallest absolute Gasteiger partial charge is 0.0685 e. The molecule has 2 unspecified atom stereocenters. The van der Waals surface area contributed by atoms with Crippen molar-refractivity contribution < 1.29 is 4.74 Å². The fourth-order valence-electron chi connectivity index (χ4n) is 3.88. The Morgan fingerprint density at radius 2 is 1.95 bits per heavy atom. The number of nitrogens with one attached hydrogen (secondary N) is 1. The van der Waals surface area contributed by atoms with Gasteiger partial charge in [-0.3, -0.25) is 0 Å². The maximum atomic E-state index is 6.15. The molecule has 0 bridgehead atoms. The van der Waals surface area contributed by atoms with Crippen LogP contribution in [0, 0.1) is 17.8 Å². The largest absolute Gasteiger partial charge is 0.375 e. The number of rotatable bonds is 6. The lowest BCUT2D eigenvalue weighted by atomic mass is 9.77. The summed E-state index contributed by atoms with van der Waals surface area (Å²) in [5.41, 5.74) is 0.294. The third kappa shape index (κ3) is 4.46. The Balaban J connectivity index is 1.71. The normalized spacial score (nSPS) is 28.1. The Bertz CT molecular complexity index is 258. The monoisotopic (exact) mass is 267 g/mol. The SMILES string of the molecule is CC(C)CNCCC(C)C1CCOC2(CCCC2)C1. The van der Waals surface area contributed by atoms with Gasteiger partial charge in [0, 0.05) is 6.61 Å². The van der Waals surface area contributed by atoms with Crippen molar-refractivity contribution in [2.75, 3.05) is 19.7 Å². The van der Waals surface area contributed by atoms with Gasteiger partial charge in [0.05, 0.1) is 5.60 Å². The Kier molecular flexibility index (Phi) is 5.70. The first-order valence-corrected chi connectivity index (χ1v) is 8.46. The lowest BCUT2D eigenvalue weighted by molar-refractivity contribution is -0.101. The Hall–Kier alpha value is -0.0800. The van der Waals surface area contributed by atoms with Crippen LogP contribution >= 0.6 is 0 Å². The van der Waals surface area contributed by atoms with Gasteiger partial charge >= 0.3 is 0 Å². The highest BCUT2D eigenvalue weighted by molar-refractivity contribution is 4.92. The van der Waals surface area contributed by atoms with Gasteiger partial charge in [0.25, 0.3) is 0 Å². The summed E-state index contributed by atoms with van der Waals surface area (Å²) in [5.74, 6) is 2.51. The van der Waals surface area contributed by atoms with Crippen LogP contribution < -0.4 is 5.32 Å². The summed E-state index contributed by atoms with van der Waals surface area (Å²) in [6, 6.07) is 0. The van der Waals surface area contributed by atoms with Crippen molar-refractivity contribution in [3.63, 3.8) is 0 Å². The third-order valence-corrected chi connectivity index (χ3v) is 5.18. The van der Waals surface area contributed by atoms with Crippen molar-refractivity contribution >= 4 is 0 Å². The van der Waals surface area contributed by atoms with Crippen LogP contribution in [0.1, 0.15) is 65.7 Å².